The van der Waals surface area contributed by atoms with E-state index in [1.54, 1.807) is 18.2 Å². The van der Waals surface area contributed by atoms with E-state index in [1.807, 2.05) is 24.3 Å². The van der Waals surface area contributed by atoms with Gasteiger partial charge in [0.15, 0.2) is 5.82 Å². The minimum atomic E-state index is -0.635. The van der Waals surface area contributed by atoms with Crippen molar-refractivity contribution in [2.45, 2.75) is 0 Å². The number of hydrogen-bond donors (Lipinski definition) is 0. The first kappa shape index (κ1) is 14.5. The Hall–Kier alpha value is -6.27. The molecule has 45 heavy (non-hydrogen) atoms. The summed E-state index contributed by atoms with van der Waals surface area (Å²) in [6, 6.07) is 7.83. The molecular weight excluding hydrogens is 554 g/mol. The van der Waals surface area contributed by atoms with Gasteiger partial charge in [0.1, 0.15) is 11.2 Å². The molecule has 0 aliphatic rings. The van der Waals surface area contributed by atoms with Crippen LogP contribution >= 0.6 is 0 Å². The molecule has 0 aliphatic heterocycles. The van der Waals surface area contributed by atoms with Crippen LogP contribution in [0.2, 0.25) is 0 Å². The summed E-state index contributed by atoms with van der Waals surface area (Å²) < 4.78 is 131. The molecule has 0 atom stereocenters. The van der Waals surface area contributed by atoms with Crippen LogP contribution in [0, 0.1) is 0 Å². The summed E-state index contributed by atoms with van der Waals surface area (Å²) in [6.07, 6.45) is 0. The first-order chi connectivity index (χ1) is 28.1. The second-order valence-corrected chi connectivity index (χ2v) is 10.2. The van der Waals surface area contributed by atoms with E-state index in [-0.39, 0.29) is 73.4 Å². The van der Waals surface area contributed by atoms with Crippen molar-refractivity contribution in [3.05, 3.63) is 139 Å². The monoisotopic (exact) mass is 591 g/mol. The van der Waals surface area contributed by atoms with Gasteiger partial charge in [0, 0.05) is 37.9 Å². The Labute approximate surface area is 276 Å². The first-order valence-electron chi connectivity index (χ1n) is 20.8. The summed E-state index contributed by atoms with van der Waals surface area (Å²) in [7, 11) is 0. The van der Waals surface area contributed by atoms with Crippen LogP contribution in [0.4, 0.5) is 0 Å². The topological polar surface area (TPSA) is 61.7 Å². The van der Waals surface area contributed by atoms with Crippen molar-refractivity contribution in [2.75, 3.05) is 0 Å². The van der Waals surface area contributed by atoms with Crippen molar-refractivity contribution in [2.24, 2.45) is 0 Å². The Kier molecular flexibility index (Phi) is 2.93. The third-order valence-corrected chi connectivity index (χ3v) is 7.81. The third-order valence-electron chi connectivity index (χ3n) is 7.81. The molecule has 0 saturated carbocycles. The Balaban J connectivity index is 1.43. The van der Waals surface area contributed by atoms with Gasteiger partial charge < -0.3 is 4.42 Å². The Morgan fingerprint density at radius 3 is 1.64 bits per heavy atom. The molecule has 0 spiro atoms. The molecule has 0 aliphatic carbocycles. The van der Waals surface area contributed by atoms with E-state index < -0.39 is 72.5 Å². The van der Waals surface area contributed by atoms with Crippen molar-refractivity contribution in [1.29, 1.82) is 0 Å². The molecule has 0 unspecified atom stereocenters. The fourth-order valence-electron chi connectivity index (χ4n) is 5.88. The fraction of sp³-hybridized carbons (Fsp3) is 0. The number of aromatic nitrogens is 5. The van der Waals surface area contributed by atoms with Gasteiger partial charge in [0.05, 0.1) is 41.3 Å². The van der Waals surface area contributed by atoms with Gasteiger partial charge in [-0.1, -0.05) is 96.8 Å². The molecule has 6 nitrogen and oxygen atoms in total. The summed E-state index contributed by atoms with van der Waals surface area (Å²) in [5.41, 5.74) is 0.565. The lowest BCUT2D eigenvalue weighted by atomic mass is 10.1. The van der Waals surface area contributed by atoms with Crippen molar-refractivity contribution in [3.63, 3.8) is 0 Å². The number of nitrogens with zero attached hydrogens (tertiary/aromatic N) is 5. The second kappa shape index (κ2) is 9.11. The summed E-state index contributed by atoms with van der Waals surface area (Å²) >= 11 is 0. The van der Waals surface area contributed by atoms with E-state index in [0.29, 0.717) is 16.7 Å². The van der Waals surface area contributed by atoms with Gasteiger partial charge in [0.25, 0.3) is 0 Å². The first-order valence-corrected chi connectivity index (χ1v) is 13.8. The van der Waals surface area contributed by atoms with E-state index in [4.69, 9.17) is 38.6 Å². The zero-order chi connectivity index (χ0) is 41.7. The van der Waals surface area contributed by atoms with Gasteiger partial charge in [0.2, 0.25) is 11.9 Å². The maximum absolute atomic E-state index is 9.06. The molecule has 6 heteroatoms. The molecule has 6 aromatic carbocycles. The predicted molar refractivity (Wildman–Crippen MR) is 181 cm³/mol. The number of hydrogen-bond acceptors (Lipinski definition) is 4. The molecule has 0 saturated heterocycles. The van der Waals surface area contributed by atoms with Gasteiger partial charge in [-0.05, 0) is 42.4 Å². The Morgan fingerprint density at radius 1 is 0.467 bits per heavy atom. The van der Waals surface area contributed by atoms with Crippen LogP contribution in [0.15, 0.2) is 144 Å². The maximum atomic E-state index is 9.06. The van der Waals surface area contributed by atoms with E-state index in [9.17, 15) is 0 Å². The number of fused-ring (bicyclic) bond motifs is 9. The summed E-state index contributed by atoms with van der Waals surface area (Å²) in [5, 5.41) is 1.20. The van der Waals surface area contributed by atoms with Crippen LogP contribution in [-0.4, -0.2) is 24.1 Å². The van der Waals surface area contributed by atoms with Crippen molar-refractivity contribution in [3.8, 4) is 23.3 Å². The molecule has 10 aromatic rings. The lowest BCUT2D eigenvalue weighted by Crippen LogP contribution is -2.10. The zero-order valence-electron chi connectivity index (χ0n) is 36.8. The predicted octanol–water partition coefficient (Wildman–Crippen LogP) is 9.63. The molecule has 0 fully saturated rings. The van der Waals surface area contributed by atoms with E-state index in [1.165, 1.54) is 0 Å². The maximum Gasteiger partial charge on any atom is 0.240 e. The van der Waals surface area contributed by atoms with Crippen LogP contribution in [0.3, 0.4) is 0 Å². The number of benzene rings is 6. The average Bonchev–Trinajstić information content (AvgIpc) is 3.91. The molecule has 0 N–H and O–H groups in total. The highest BCUT2D eigenvalue weighted by Crippen LogP contribution is 2.35. The highest BCUT2D eigenvalue weighted by Gasteiger charge is 2.20. The minimum absolute atomic E-state index is 0.0719. The van der Waals surface area contributed by atoms with E-state index in [0.717, 1.165) is 32.0 Å². The largest absolute Gasteiger partial charge is 0.456 e. The molecule has 4 heterocycles. The highest BCUT2D eigenvalue weighted by molar-refractivity contribution is 6.10. The average molecular weight is 592 g/mol. The summed E-state index contributed by atoms with van der Waals surface area (Å²) in [6.45, 7) is 0. The van der Waals surface area contributed by atoms with E-state index >= 15 is 0 Å². The molecule has 0 radical (unpaired) electrons. The van der Waals surface area contributed by atoms with Crippen molar-refractivity contribution < 1.29 is 23.6 Å². The van der Waals surface area contributed by atoms with Crippen LogP contribution in [-0.2, 0) is 0 Å². The Bertz CT molecular complexity index is 3400. The van der Waals surface area contributed by atoms with Crippen LogP contribution in [0.25, 0.3) is 88.8 Å². The van der Waals surface area contributed by atoms with Gasteiger partial charge in [-0.25, -0.2) is 0 Å². The molecule has 0 amide bonds. The van der Waals surface area contributed by atoms with Crippen LogP contribution in [0.5, 0.6) is 0 Å². The minimum Gasteiger partial charge on any atom is -0.456 e. The number of para-hydroxylation sites is 5. The van der Waals surface area contributed by atoms with Crippen molar-refractivity contribution >= 4 is 65.6 Å². The summed E-state index contributed by atoms with van der Waals surface area (Å²) in [5.74, 6) is -0.860. The fourth-order valence-corrected chi connectivity index (χ4v) is 5.88. The standard InChI is InChI=1S/C39H23N5O/c1-6-16-31-25(11-1)26-12-2-7-17-32(26)43(31)38-40-37(24-21-22-30-29-15-5-10-20-35(29)45-36(30)23-24)41-39(42-38)44-33-18-8-3-13-27(33)28-14-4-9-19-34(28)44/h1-23H/i1D,3D,6D,7D,8D,9D,11D,12D,13D,14D,16D,17D,18D,19D. The molecule has 10 rings (SSSR count). The van der Waals surface area contributed by atoms with Gasteiger partial charge >= 0.3 is 0 Å². The van der Waals surface area contributed by atoms with Gasteiger partial charge in [-0.2, -0.15) is 15.0 Å². The zero-order valence-corrected chi connectivity index (χ0v) is 22.8. The Morgan fingerprint density at radius 2 is 1.00 bits per heavy atom. The van der Waals surface area contributed by atoms with E-state index in [2.05, 4.69) is 0 Å². The quantitative estimate of drug-likeness (QED) is 0.205. The number of rotatable bonds is 3. The van der Waals surface area contributed by atoms with Gasteiger partial charge in [-0.15, -0.1) is 0 Å². The summed E-state index contributed by atoms with van der Waals surface area (Å²) in [4.78, 5) is 14.3. The molecule has 0 bridgehead atoms. The smallest absolute Gasteiger partial charge is 0.240 e. The number of furan rings is 1. The lowest BCUT2D eigenvalue weighted by Gasteiger charge is -2.12. The molecule has 210 valence electrons. The van der Waals surface area contributed by atoms with Crippen LogP contribution < -0.4 is 0 Å². The highest BCUT2D eigenvalue weighted by atomic mass is 16.3. The second-order valence-electron chi connectivity index (χ2n) is 10.2. The molecule has 4 aromatic heterocycles. The SMILES string of the molecule is [2H]c1cc([2H])c2c3c([2H])c([2H])c([2H])c([2H])c3n(-c3nc(-c4ccc5c(c4)oc4ccccc45)nc(-n4c5c([2H])c([2H])cc([2H])c5c5c([2H])c([2H])c([2H])c([2H])c54)n3)c2c1[2H]. The van der Waals surface area contributed by atoms with Gasteiger partial charge in [-0.3, -0.25) is 9.13 Å². The normalized spacial score (nSPS) is 16.4. The van der Waals surface area contributed by atoms with Crippen LogP contribution in [0.1, 0.15) is 19.2 Å². The third kappa shape index (κ3) is 3.48. The molecular formula is C39H23N5O. The van der Waals surface area contributed by atoms with Crippen molar-refractivity contribution in [1.82, 2.24) is 24.1 Å². The lowest BCUT2D eigenvalue weighted by molar-refractivity contribution is 0.669.